The van der Waals surface area contributed by atoms with E-state index >= 15 is 0 Å². The fourth-order valence-electron chi connectivity index (χ4n) is 3.14. The number of benzene rings is 2. The maximum Gasteiger partial charge on any atom is 0.325 e. The van der Waals surface area contributed by atoms with E-state index in [1.165, 1.54) is 12.3 Å². The van der Waals surface area contributed by atoms with Crippen molar-refractivity contribution in [2.45, 2.75) is 13.1 Å². The molecular formula is C22H19N5O3. The molecule has 2 N–H and O–H groups in total. The molecule has 0 saturated heterocycles. The van der Waals surface area contributed by atoms with Crippen molar-refractivity contribution in [3.8, 4) is 16.9 Å². The number of carboxylic acids is 1. The minimum absolute atomic E-state index is 0.189. The average molecular weight is 401 g/mol. The molecule has 2 aromatic heterocycles. The molecule has 1 amide bonds. The van der Waals surface area contributed by atoms with E-state index in [9.17, 15) is 9.59 Å². The van der Waals surface area contributed by atoms with Crippen molar-refractivity contribution in [2.75, 3.05) is 0 Å². The molecule has 2 heterocycles. The molecule has 8 heteroatoms. The van der Waals surface area contributed by atoms with E-state index in [1.807, 2.05) is 66.9 Å². The fourth-order valence-corrected chi connectivity index (χ4v) is 3.14. The van der Waals surface area contributed by atoms with Crippen LogP contribution in [0.2, 0.25) is 0 Å². The molecule has 4 aromatic rings. The Kier molecular flexibility index (Phi) is 5.38. The molecule has 4 rings (SSSR count). The highest BCUT2D eigenvalue weighted by Gasteiger charge is 2.17. The van der Waals surface area contributed by atoms with Gasteiger partial charge in [-0.15, -0.1) is 0 Å². The van der Waals surface area contributed by atoms with Crippen molar-refractivity contribution < 1.29 is 14.7 Å². The van der Waals surface area contributed by atoms with E-state index in [1.54, 1.807) is 4.68 Å². The number of rotatable bonds is 7. The minimum Gasteiger partial charge on any atom is -0.480 e. The van der Waals surface area contributed by atoms with Gasteiger partial charge in [-0.25, -0.2) is 9.36 Å². The molecule has 8 nitrogen and oxygen atoms in total. The zero-order valence-corrected chi connectivity index (χ0v) is 16.0. The summed E-state index contributed by atoms with van der Waals surface area (Å²) < 4.78 is 2.93. The Labute approximate surface area is 172 Å². The Bertz CT molecular complexity index is 1170. The third kappa shape index (κ3) is 4.12. The smallest absolute Gasteiger partial charge is 0.325 e. The first-order valence-corrected chi connectivity index (χ1v) is 9.33. The summed E-state index contributed by atoms with van der Waals surface area (Å²) in [5.41, 5.74) is 3.63. The molecule has 0 unspecified atom stereocenters. The first-order chi connectivity index (χ1) is 14.6. The van der Waals surface area contributed by atoms with Crippen LogP contribution in [0.1, 0.15) is 16.1 Å². The topological polar surface area (TPSA) is 102 Å². The molecule has 0 fully saturated rings. The number of nitrogens with zero attached hydrogens (tertiary/aromatic N) is 4. The first-order valence-electron chi connectivity index (χ1n) is 9.33. The van der Waals surface area contributed by atoms with E-state index in [4.69, 9.17) is 10.2 Å². The van der Waals surface area contributed by atoms with Crippen LogP contribution < -0.4 is 5.32 Å². The van der Waals surface area contributed by atoms with E-state index in [0.717, 1.165) is 27.2 Å². The molecule has 0 atom stereocenters. The fraction of sp³-hybridized carbons (Fsp3) is 0.0909. The summed E-state index contributed by atoms with van der Waals surface area (Å²) in [6.45, 7) is -0.148. The molecule has 150 valence electrons. The number of hydrogen-bond acceptors (Lipinski definition) is 4. The Morgan fingerprint density at radius 2 is 1.67 bits per heavy atom. The first kappa shape index (κ1) is 19.1. The second-order valence-electron chi connectivity index (χ2n) is 6.60. The van der Waals surface area contributed by atoms with E-state index < -0.39 is 11.9 Å². The molecule has 0 bridgehead atoms. The predicted octanol–water partition coefficient (Wildman–Crippen LogP) is 2.75. The van der Waals surface area contributed by atoms with Gasteiger partial charge in [0.25, 0.3) is 5.91 Å². The van der Waals surface area contributed by atoms with Gasteiger partial charge in [-0.1, -0.05) is 48.5 Å². The van der Waals surface area contributed by atoms with Crippen LogP contribution in [0.3, 0.4) is 0 Å². The van der Waals surface area contributed by atoms with E-state index in [2.05, 4.69) is 10.4 Å². The third-order valence-corrected chi connectivity index (χ3v) is 4.53. The summed E-state index contributed by atoms with van der Waals surface area (Å²) in [6, 6.07) is 20.9. The van der Waals surface area contributed by atoms with Crippen LogP contribution in [-0.2, 0) is 17.9 Å². The van der Waals surface area contributed by atoms with Crippen LogP contribution in [0.5, 0.6) is 0 Å². The second-order valence-corrected chi connectivity index (χ2v) is 6.60. The number of carboxylic acid groups (broad SMARTS) is 1. The molecule has 0 aliphatic rings. The molecule has 0 aliphatic heterocycles. The molecule has 0 spiro atoms. The molecule has 0 radical (unpaired) electrons. The van der Waals surface area contributed by atoms with E-state index in [-0.39, 0.29) is 18.8 Å². The Balaban J connectivity index is 1.60. The third-order valence-electron chi connectivity index (χ3n) is 4.53. The number of nitrogens with one attached hydrogen (secondary N) is 1. The zero-order valence-electron chi connectivity index (χ0n) is 16.0. The van der Waals surface area contributed by atoms with Gasteiger partial charge in [-0.3, -0.25) is 9.59 Å². The largest absolute Gasteiger partial charge is 0.480 e. The van der Waals surface area contributed by atoms with Crippen LogP contribution in [0.15, 0.2) is 79.1 Å². The van der Waals surface area contributed by atoms with Gasteiger partial charge in [0.05, 0.1) is 11.4 Å². The lowest BCUT2D eigenvalue weighted by Gasteiger charge is -2.07. The van der Waals surface area contributed by atoms with Crippen molar-refractivity contribution in [1.29, 1.82) is 0 Å². The average Bonchev–Trinajstić information content (AvgIpc) is 3.40. The molecule has 30 heavy (non-hydrogen) atoms. The maximum absolute atomic E-state index is 12.6. The van der Waals surface area contributed by atoms with Crippen molar-refractivity contribution in [3.63, 3.8) is 0 Å². The quantitative estimate of drug-likeness (QED) is 0.496. The van der Waals surface area contributed by atoms with Crippen molar-refractivity contribution in [1.82, 2.24) is 24.9 Å². The van der Waals surface area contributed by atoms with Gasteiger partial charge in [-0.2, -0.15) is 10.2 Å². The van der Waals surface area contributed by atoms with Gasteiger partial charge in [0, 0.05) is 30.1 Å². The number of aliphatic carboxylic acids is 1. The van der Waals surface area contributed by atoms with Crippen molar-refractivity contribution >= 4 is 11.9 Å². The monoisotopic (exact) mass is 401 g/mol. The standard InChI is InChI=1S/C22H19N5O3/c28-20(29)15-27-19(11-12-24-27)22(30)23-13-17-14-26(18-9-5-2-6-10-18)25-21(17)16-7-3-1-4-8-16/h1-12,14H,13,15H2,(H,23,30)(H,28,29). The summed E-state index contributed by atoms with van der Waals surface area (Å²) in [5.74, 6) is -1.47. The molecule has 0 aliphatic carbocycles. The number of carbonyl (C=O) groups is 2. The van der Waals surface area contributed by atoms with Gasteiger partial charge < -0.3 is 10.4 Å². The SMILES string of the molecule is O=C(O)Cn1nccc1C(=O)NCc1cn(-c2ccccc2)nc1-c1ccccc1. The van der Waals surface area contributed by atoms with Crippen molar-refractivity contribution in [2.24, 2.45) is 0 Å². The minimum atomic E-state index is -1.07. The highest BCUT2D eigenvalue weighted by Crippen LogP contribution is 2.23. The Morgan fingerprint density at radius 1 is 0.967 bits per heavy atom. The van der Waals surface area contributed by atoms with E-state index in [0.29, 0.717) is 0 Å². The van der Waals surface area contributed by atoms with Crippen molar-refractivity contribution in [3.05, 3.63) is 90.4 Å². The van der Waals surface area contributed by atoms with Crippen LogP contribution in [-0.4, -0.2) is 36.5 Å². The highest BCUT2D eigenvalue weighted by molar-refractivity contribution is 5.92. The normalized spacial score (nSPS) is 10.7. The van der Waals surface area contributed by atoms with Gasteiger partial charge in [0.1, 0.15) is 12.2 Å². The van der Waals surface area contributed by atoms with Crippen LogP contribution in [0, 0.1) is 0 Å². The van der Waals surface area contributed by atoms with Crippen LogP contribution >= 0.6 is 0 Å². The number of hydrogen-bond donors (Lipinski definition) is 2. The zero-order chi connectivity index (χ0) is 20.9. The highest BCUT2D eigenvalue weighted by atomic mass is 16.4. The number of amides is 1. The summed E-state index contributed by atoms with van der Waals surface area (Å²) in [6.07, 6.45) is 3.28. The van der Waals surface area contributed by atoms with Gasteiger partial charge in [0.2, 0.25) is 0 Å². The lowest BCUT2D eigenvalue weighted by Crippen LogP contribution is -2.27. The predicted molar refractivity (Wildman–Crippen MR) is 110 cm³/mol. The van der Waals surface area contributed by atoms with Gasteiger partial charge >= 0.3 is 5.97 Å². The molecular weight excluding hydrogens is 382 g/mol. The second kappa shape index (κ2) is 8.44. The summed E-state index contributed by atoms with van der Waals surface area (Å²) >= 11 is 0. The maximum atomic E-state index is 12.6. The summed E-state index contributed by atoms with van der Waals surface area (Å²) in [4.78, 5) is 23.6. The van der Waals surface area contributed by atoms with Crippen LogP contribution in [0.4, 0.5) is 0 Å². The molecule has 2 aromatic carbocycles. The lowest BCUT2D eigenvalue weighted by molar-refractivity contribution is -0.137. The molecule has 0 saturated carbocycles. The number of para-hydroxylation sites is 1. The Hall–Kier alpha value is -4.20. The summed E-state index contributed by atoms with van der Waals surface area (Å²) in [7, 11) is 0. The summed E-state index contributed by atoms with van der Waals surface area (Å²) in [5, 5.41) is 20.4. The lowest BCUT2D eigenvalue weighted by atomic mass is 10.1. The van der Waals surface area contributed by atoms with Crippen LogP contribution in [0.25, 0.3) is 16.9 Å². The number of aromatic nitrogens is 4. The Morgan fingerprint density at radius 3 is 2.37 bits per heavy atom. The van der Waals surface area contributed by atoms with Gasteiger partial charge in [-0.05, 0) is 18.2 Å². The number of carbonyl (C=O) groups excluding carboxylic acids is 1. The van der Waals surface area contributed by atoms with Gasteiger partial charge in [0.15, 0.2) is 0 Å².